The summed E-state index contributed by atoms with van der Waals surface area (Å²) in [6.45, 7) is 0.473. The maximum atomic E-state index is 10.6. The summed E-state index contributed by atoms with van der Waals surface area (Å²) in [5.74, 6) is 0.701. The first-order valence-corrected chi connectivity index (χ1v) is 6.29. The summed E-state index contributed by atoms with van der Waals surface area (Å²) < 4.78 is 5.25. The third-order valence-electron chi connectivity index (χ3n) is 2.84. The van der Waals surface area contributed by atoms with Crippen LogP contribution in [0.3, 0.4) is 0 Å². The summed E-state index contributed by atoms with van der Waals surface area (Å²) in [5.41, 5.74) is 1.68. The Kier molecular flexibility index (Phi) is 4.42. The molecular formula is C14H13ClN2O3. The number of hydrogen-bond acceptors (Lipinski definition) is 4. The molecule has 0 unspecified atom stereocenters. The van der Waals surface area contributed by atoms with Crippen LogP contribution >= 0.6 is 11.6 Å². The van der Waals surface area contributed by atoms with Crippen LogP contribution in [0.4, 0.5) is 11.4 Å². The number of nitrogens with zero attached hydrogens (tertiary/aromatic N) is 1. The first kappa shape index (κ1) is 14.1. The molecule has 104 valence electrons. The lowest BCUT2D eigenvalue weighted by Gasteiger charge is -2.12. The molecule has 5 nitrogen and oxygen atoms in total. The number of benzene rings is 2. The lowest BCUT2D eigenvalue weighted by Crippen LogP contribution is -2.02. The average molecular weight is 293 g/mol. The van der Waals surface area contributed by atoms with Crippen LogP contribution in [-0.4, -0.2) is 12.0 Å². The van der Waals surface area contributed by atoms with E-state index in [0.29, 0.717) is 17.3 Å². The van der Waals surface area contributed by atoms with E-state index in [1.54, 1.807) is 25.3 Å². The van der Waals surface area contributed by atoms with Crippen molar-refractivity contribution in [2.75, 3.05) is 12.4 Å². The first-order valence-electron chi connectivity index (χ1n) is 5.91. The lowest BCUT2D eigenvalue weighted by atomic mass is 10.2. The number of methoxy groups -OCH3 is 1. The minimum atomic E-state index is -0.430. The van der Waals surface area contributed by atoms with Crippen LogP contribution in [0.1, 0.15) is 5.56 Å². The summed E-state index contributed by atoms with van der Waals surface area (Å²) in [5, 5.41) is 14.3. The highest BCUT2D eigenvalue weighted by Gasteiger charge is 2.08. The Bertz CT molecular complexity index is 614. The zero-order valence-electron chi connectivity index (χ0n) is 10.8. The second-order valence-electron chi connectivity index (χ2n) is 4.08. The molecule has 0 saturated carbocycles. The smallest absolute Gasteiger partial charge is 0.269 e. The molecule has 2 aromatic carbocycles. The SMILES string of the molecule is COc1cccc(Cl)c1CNc1ccc([N+](=O)[O-])cc1. The summed E-state index contributed by atoms with van der Waals surface area (Å²) >= 11 is 6.13. The van der Waals surface area contributed by atoms with Crippen molar-refractivity contribution >= 4 is 23.0 Å². The van der Waals surface area contributed by atoms with Crippen molar-refractivity contribution in [2.45, 2.75) is 6.54 Å². The summed E-state index contributed by atoms with van der Waals surface area (Å²) in [6, 6.07) is 11.6. The fourth-order valence-corrected chi connectivity index (χ4v) is 2.03. The molecule has 6 heteroatoms. The monoisotopic (exact) mass is 292 g/mol. The van der Waals surface area contributed by atoms with Gasteiger partial charge in [0, 0.05) is 35.0 Å². The molecule has 0 heterocycles. The predicted octanol–water partition coefficient (Wildman–Crippen LogP) is 3.87. The van der Waals surface area contributed by atoms with Gasteiger partial charge in [-0.15, -0.1) is 0 Å². The highest BCUT2D eigenvalue weighted by Crippen LogP contribution is 2.27. The number of non-ortho nitro benzene ring substituents is 1. The van der Waals surface area contributed by atoms with Gasteiger partial charge in [-0.25, -0.2) is 0 Å². The van der Waals surface area contributed by atoms with E-state index in [4.69, 9.17) is 16.3 Å². The van der Waals surface area contributed by atoms with E-state index in [1.165, 1.54) is 12.1 Å². The third-order valence-corrected chi connectivity index (χ3v) is 3.20. The molecule has 0 spiro atoms. The van der Waals surface area contributed by atoms with Gasteiger partial charge in [-0.05, 0) is 24.3 Å². The van der Waals surface area contributed by atoms with Gasteiger partial charge in [0.05, 0.1) is 12.0 Å². The molecular weight excluding hydrogens is 280 g/mol. The van der Waals surface area contributed by atoms with E-state index in [1.807, 2.05) is 12.1 Å². The Labute approximate surface area is 121 Å². The largest absolute Gasteiger partial charge is 0.496 e. The summed E-state index contributed by atoms with van der Waals surface area (Å²) in [6.07, 6.45) is 0. The van der Waals surface area contributed by atoms with Gasteiger partial charge in [0.1, 0.15) is 5.75 Å². The van der Waals surface area contributed by atoms with Crippen molar-refractivity contribution in [1.82, 2.24) is 0 Å². The van der Waals surface area contributed by atoms with E-state index in [0.717, 1.165) is 11.3 Å². The van der Waals surface area contributed by atoms with Crippen LogP contribution < -0.4 is 10.1 Å². The molecule has 0 aromatic heterocycles. The van der Waals surface area contributed by atoms with Crippen LogP contribution in [0.2, 0.25) is 5.02 Å². The first-order chi connectivity index (χ1) is 9.61. The quantitative estimate of drug-likeness (QED) is 0.671. The molecule has 0 fully saturated rings. The van der Waals surface area contributed by atoms with Crippen molar-refractivity contribution in [3.8, 4) is 5.75 Å². The van der Waals surface area contributed by atoms with Crippen molar-refractivity contribution in [3.05, 3.63) is 63.2 Å². The predicted molar refractivity (Wildman–Crippen MR) is 78.4 cm³/mol. The van der Waals surface area contributed by atoms with Crippen LogP contribution in [0.5, 0.6) is 5.75 Å². The van der Waals surface area contributed by atoms with Gasteiger partial charge in [-0.1, -0.05) is 17.7 Å². The highest BCUT2D eigenvalue weighted by molar-refractivity contribution is 6.31. The average Bonchev–Trinajstić information content (AvgIpc) is 2.46. The van der Waals surface area contributed by atoms with Crippen molar-refractivity contribution in [1.29, 1.82) is 0 Å². The number of rotatable bonds is 5. The van der Waals surface area contributed by atoms with Gasteiger partial charge in [0.2, 0.25) is 0 Å². The van der Waals surface area contributed by atoms with Gasteiger partial charge in [-0.3, -0.25) is 10.1 Å². The van der Waals surface area contributed by atoms with Gasteiger partial charge in [0.15, 0.2) is 0 Å². The molecule has 0 amide bonds. The molecule has 0 aliphatic rings. The second kappa shape index (κ2) is 6.25. The third kappa shape index (κ3) is 3.19. The molecule has 2 rings (SSSR count). The number of halogens is 1. The number of nitrogens with one attached hydrogen (secondary N) is 1. The maximum Gasteiger partial charge on any atom is 0.269 e. The Hall–Kier alpha value is -2.27. The number of ether oxygens (including phenoxy) is 1. The number of nitro benzene ring substituents is 1. The number of nitro groups is 1. The van der Waals surface area contributed by atoms with Gasteiger partial charge in [0.25, 0.3) is 5.69 Å². The molecule has 0 bridgehead atoms. The van der Waals surface area contributed by atoms with Gasteiger partial charge in [-0.2, -0.15) is 0 Å². The Balaban J connectivity index is 2.11. The topological polar surface area (TPSA) is 64.4 Å². The molecule has 0 radical (unpaired) electrons. The fourth-order valence-electron chi connectivity index (χ4n) is 1.79. The standard InChI is InChI=1S/C14H13ClN2O3/c1-20-14-4-2-3-13(15)12(14)9-16-10-5-7-11(8-6-10)17(18)19/h2-8,16H,9H2,1H3. The van der Waals surface area contributed by atoms with Crippen LogP contribution in [0, 0.1) is 10.1 Å². The molecule has 0 aliphatic heterocycles. The molecule has 1 N–H and O–H groups in total. The highest BCUT2D eigenvalue weighted by atomic mass is 35.5. The molecule has 0 aliphatic carbocycles. The van der Waals surface area contributed by atoms with Crippen molar-refractivity contribution < 1.29 is 9.66 Å². The molecule has 0 saturated heterocycles. The second-order valence-corrected chi connectivity index (χ2v) is 4.49. The fraction of sp³-hybridized carbons (Fsp3) is 0.143. The zero-order chi connectivity index (χ0) is 14.5. The Morgan fingerprint density at radius 2 is 1.95 bits per heavy atom. The van der Waals surface area contributed by atoms with E-state index in [2.05, 4.69) is 5.32 Å². The van der Waals surface area contributed by atoms with Crippen molar-refractivity contribution in [2.24, 2.45) is 0 Å². The summed E-state index contributed by atoms with van der Waals surface area (Å²) in [4.78, 5) is 10.1. The molecule has 2 aromatic rings. The van der Waals surface area contributed by atoms with E-state index < -0.39 is 4.92 Å². The molecule has 20 heavy (non-hydrogen) atoms. The van der Waals surface area contributed by atoms with E-state index in [-0.39, 0.29) is 5.69 Å². The Morgan fingerprint density at radius 1 is 1.25 bits per heavy atom. The molecule has 0 atom stereocenters. The van der Waals surface area contributed by atoms with Crippen molar-refractivity contribution in [3.63, 3.8) is 0 Å². The minimum Gasteiger partial charge on any atom is -0.496 e. The van der Waals surface area contributed by atoms with Crippen LogP contribution in [-0.2, 0) is 6.54 Å². The summed E-state index contributed by atoms with van der Waals surface area (Å²) in [7, 11) is 1.58. The normalized spacial score (nSPS) is 10.1. The minimum absolute atomic E-state index is 0.0610. The zero-order valence-corrected chi connectivity index (χ0v) is 11.6. The lowest BCUT2D eigenvalue weighted by molar-refractivity contribution is -0.384. The number of anilines is 1. The van der Waals surface area contributed by atoms with Gasteiger partial charge < -0.3 is 10.1 Å². The van der Waals surface area contributed by atoms with E-state index >= 15 is 0 Å². The van der Waals surface area contributed by atoms with Crippen LogP contribution in [0.15, 0.2) is 42.5 Å². The van der Waals surface area contributed by atoms with Gasteiger partial charge >= 0.3 is 0 Å². The maximum absolute atomic E-state index is 10.6. The van der Waals surface area contributed by atoms with Crippen LogP contribution in [0.25, 0.3) is 0 Å². The Morgan fingerprint density at radius 3 is 2.55 bits per heavy atom. The number of hydrogen-bond donors (Lipinski definition) is 1. The van der Waals surface area contributed by atoms with E-state index in [9.17, 15) is 10.1 Å².